The van der Waals surface area contributed by atoms with Gasteiger partial charge in [-0.2, -0.15) is 0 Å². The van der Waals surface area contributed by atoms with E-state index in [1.807, 2.05) is 42.5 Å². The monoisotopic (exact) mass is 553 g/mol. The van der Waals surface area contributed by atoms with Gasteiger partial charge in [0.1, 0.15) is 18.2 Å². The number of carbonyl (C=O) groups is 3. The Bertz CT molecular complexity index is 1390. The first kappa shape index (κ1) is 27.0. The summed E-state index contributed by atoms with van der Waals surface area (Å²) in [5.74, 6) is -1.42. The Morgan fingerprint density at radius 1 is 0.854 bits per heavy atom. The van der Waals surface area contributed by atoms with Gasteiger partial charge in [0.15, 0.2) is 0 Å². The van der Waals surface area contributed by atoms with Gasteiger partial charge in [-0.15, -0.1) is 0 Å². The first-order chi connectivity index (χ1) is 19.9. The van der Waals surface area contributed by atoms with Gasteiger partial charge in [0.2, 0.25) is 5.91 Å². The Morgan fingerprint density at radius 2 is 1.46 bits per heavy atom. The maximum absolute atomic E-state index is 14.0. The molecule has 1 unspecified atom stereocenters. The lowest BCUT2D eigenvalue weighted by Gasteiger charge is -2.43. The van der Waals surface area contributed by atoms with E-state index in [2.05, 4.69) is 46.6 Å². The summed E-state index contributed by atoms with van der Waals surface area (Å²) in [6.07, 6.45) is 1.16. The molecule has 2 N–H and O–H groups in total. The Hall–Kier alpha value is -4.17. The molecule has 0 saturated carbocycles. The van der Waals surface area contributed by atoms with E-state index < -0.39 is 23.6 Å². The average molecular weight is 554 g/mol. The minimum absolute atomic E-state index is 0.0949. The highest BCUT2D eigenvalue weighted by Gasteiger charge is 2.49. The Labute approximate surface area is 239 Å². The smallest absolute Gasteiger partial charge is 0.408 e. The van der Waals surface area contributed by atoms with Gasteiger partial charge in [0.25, 0.3) is 0 Å². The molecule has 3 aromatic carbocycles. The first-order valence-corrected chi connectivity index (χ1v) is 14.4. The lowest BCUT2D eigenvalue weighted by Crippen LogP contribution is -2.65. The summed E-state index contributed by atoms with van der Waals surface area (Å²) >= 11 is 0. The van der Waals surface area contributed by atoms with Crippen LogP contribution in [0.3, 0.4) is 0 Å². The number of benzene rings is 3. The number of carboxylic acid groups (broad SMARTS) is 1. The fraction of sp³-hybridized carbons (Fsp3) is 0.364. The van der Waals surface area contributed by atoms with Crippen LogP contribution < -0.4 is 5.32 Å². The van der Waals surface area contributed by atoms with Crippen LogP contribution in [0.5, 0.6) is 0 Å². The minimum atomic E-state index is -1.21. The van der Waals surface area contributed by atoms with Crippen molar-refractivity contribution in [3.63, 3.8) is 0 Å². The third kappa shape index (κ3) is 5.32. The molecule has 3 aromatic rings. The van der Waals surface area contributed by atoms with Gasteiger partial charge in [-0.3, -0.25) is 9.69 Å². The number of hydrogen-bond acceptors (Lipinski definition) is 5. The van der Waals surface area contributed by atoms with Crippen molar-refractivity contribution in [3.8, 4) is 11.1 Å². The lowest BCUT2D eigenvalue weighted by molar-refractivity contribution is -0.152. The Kier molecular flexibility index (Phi) is 7.49. The maximum atomic E-state index is 14.0. The van der Waals surface area contributed by atoms with E-state index >= 15 is 0 Å². The average Bonchev–Trinajstić information content (AvgIpc) is 3.61. The molecule has 2 saturated heterocycles. The number of alkyl carbamates (subject to hydrolysis) is 1. The third-order valence-electron chi connectivity index (χ3n) is 8.85. The molecule has 6 rings (SSSR count). The number of nitrogens with zero attached hydrogens (tertiary/aromatic N) is 2. The van der Waals surface area contributed by atoms with Crippen LogP contribution >= 0.6 is 0 Å². The molecule has 8 heteroatoms. The zero-order chi connectivity index (χ0) is 28.4. The van der Waals surface area contributed by atoms with Gasteiger partial charge in [-0.1, -0.05) is 78.9 Å². The molecule has 1 atom stereocenters. The molecule has 1 aliphatic carbocycles. The number of nitrogens with one attached hydrogen (secondary N) is 1. The fourth-order valence-corrected chi connectivity index (χ4v) is 6.70. The molecule has 0 aromatic heterocycles. The summed E-state index contributed by atoms with van der Waals surface area (Å²) in [6, 6.07) is 25.6. The van der Waals surface area contributed by atoms with E-state index in [1.165, 1.54) is 10.5 Å². The molecule has 2 amide bonds. The van der Waals surface area contributed by atoms with Gasteiger partial charge < -0.3 is 20.1 Å². The number of amides is 2. The van der Waals surface area contributed by atoms with Crippen molar-refractivity contribution in [2.75, 3.05) is 26.2 Å². The predicted octanol–water partition coefficient (Wildman–Crippen LogP) is 4.64. The van der Waals surface area contributed by atoms with E-state index in [1.54, 1.807) is 0 Å². The zero-order valence-corrected chi connectivity index (χ0v) is 23.0. The normalized spacial score (nSPS) is 19.8. The quantitative estimate of drug-likeness (QED) is 0.443. The molecule has 212 valence electrons. The molecule has 8 nitrogen and oxygen atoms in total. The maximum Gasteiger partial charge on any atom is 0.408 e. The predicted molar refractivity (Wildman–Crippen MR) is 154 cm³/mol. The van der Waals surface area contributed by atoms with E-state index in [-0.39, 0.29) is 18.4 Å². The molecule has 2 fully saturated rings. The SMILES string of the molecule is O=C(NC1(C(=O)N2CCCC2C(=O)O)CCN(Cc2ccccc2)CC1)OCC1c2ccccc2-c2ccccc21. The van der Waals surface area contributed by atoms with Crippen molar-refractivity contribution >= 4 is 18.0 Å². The Morgan fingerprint density at radius 3 is 2.10 bits per heavy atom. The van der Waals surface area contributed by atoms with Crippen molar-refractivity contribution in [1.29, 1.82) is 0 Å². The van der Waals surface area contributed by atoms with Crippen LogP contribution in [-0.4, -0.2) is 70.7 Å². The zero-order valence-electron chi connectivity index (χ0n) is 23.0. The summed E-state index contributed by atoms with van der Waals surface area (Å²) < 4.78 is 5.83. The number of hydrogen-bond donors (Lipinski definition) is 2. The van der Waals surface area contributed by atoms with Gasteiger partial charge >= 0.3 is 12.1 Å². The highest BCUT2D eigenvalue weighted by molar-refractivity contribution is 5.93. The molecule has 0 bridgehead atoms. The molecule has 0 spiro atoms. The highest BCUT2D eigenvalue weighted by atomic mass is 16.5. The van der Waals surface area contributed by atoms with Crippen LogP contribution in [0, 0.1) is 0 Å². The van der Waals surface area contributed by atoms with Crippen LogP contribution in [0.4, 0.5) is 4.79 Å². The topological polar surface area (TPSA) is 99.2 Å². The number of carbonyl (C=O) groups excluding carboxylic acids is 2. The van der Waals surface area contributed by atoms with Crippen LogP contribution in [-0.2, 0) is 20.9 Å². The summed E-state index contributed by atoms with van der Waals surface area (Å²) in [5.41, 5.74) is 4.48. The fourth-order valence-electron chi connectivity index (χ4n) is 6.70. The summed E-state index contributed by atoms with van der Waals surface area (Å²) in [7, 11) is 0. The van der Waals surface area contributed by atoms with Gasteiger partial charge in [-0.05, 0) is 53.5 Å². The van der Waals surface area contributed by atoms with Gasteiger partial charge in [0, 0.05) is 32.1 Å². The van der Waals surface area contributed by atoms with E-state index in [4.69, 9.17) is 4.74 Å². The number of ether oxygens (including phenoxy) is 1. The molecule has 2 heterocycles. The number of aliphatic carboxylic acids is 1. The van der Waals surface area contributed by atoms with Crippen LogP contribution in [0.15, 0.2) is 78.9 Å². The summed E-state index contributed by atoms with van der Waals surface area (Å²) in [6.45, 7) is 2.45. The Balaban J connectivity index is 1.18. The van der Waals surface area contributed by atoms with Crippen LogP contribution in [0.2, 0.25) is 0 Å². The molecule has 0 radical (unpaired) electrons. The molecular weight excluding hydrogens is 518 g/mol. The number of fused-ring (bicyclic) bond motifs is 3. The summed E-state index contributed by atoms with van der Waals surface area (Å²) in [4.78, 5) is 43.0. The second-order valence-electron chi connectivity index (χ2n) is 11.3. The number of piperidine rings is 1. The molecule has 3 aliphatic rings. The largest absolute Gasteiger partial charge is 0.480 e. The lowest BCUT2D eigenvalue weighted by atomic mass is 9.85. The van der Waals surface area contributed by atoms with Gasteiger partial charge in [-0.25, -0.2) is 9.59 Å². The number of likely N-dealkylation sites (tertiary alicyclic amines) is 2. The van der Waals surface area contributed by atoms with Crippen molar-refractivity contribution < 1.29 is 24.2 Å². The van der Waals surface area contributed by atoms with E-state index in [0.717, 1.165) is 28.8 Å². The van der Waals surface area contributed by atoms with E-state index in [9.17, 15) is 19.5 Å². The number of rotatable bonds is 7. The van der Waals surface area contributed by atoms with Crippen molar-refractivity contribution in [2.24, 2.45) is 0 Å². The second kappa shape index (κ2) is 11.4. The van der Waals surface area contributed by atoms with Crippen LogP contribution in [0.25, 0.3) is 11.1 Å². The minimum Gasteiger partial charge on any atom is -0.480 e. The highest BCUT2D eigenvalue weighted by Crippen LogP contribution is 2.44. The summed E-state index contributed by atoms with van der Waals surface area (Å²) in [5, 5.41) is 12.7. The third-order valence-corrected chi connectivity index (χ3v) is 8.85. The van der Waals surface area contributed by atoms with Crippen molar-refractivity contribution in [2.45, 2.75) is 49.7 Å². The second-order valence-corrected chi connectivity index (χ2v) is 11.3. The van der Waals surface area contributed by atoms with Crippen molar-refractivity contribution in [1.82, 2.24) is 15.1 Å². The van der Waals surface area contributed by atoms with Crippen molar-refractivity contribution in [3.05, 3.63) is 95.6 Å². The van der Waals surface area contributed by atoms with Gasteiger partial charge in [0.05, 0.1) is 0 Å². The first-order valence-electron chi connectivity index (χ1n) is 14.4. The molecular formula is C33H35N3O5. The number of carboxylic acids is 1. The van der Waals surface area contributed by atoms with E-state index in [0.29, 0.717) is 45.3 Å². The standard InChI is InChI=1S/C33H35N3O5/c37-30(38)29-15-8-18-36(29)31(39)33(16-19-35(20-17-33)21-23-9-2-1-3-10-23)34-32(40)41-22-28-26-13-6-4-11-24(26)25-12-5-7-14-27(25)28/h1-7,9-14,28-29H,8,15-22H2,(H,34,40)(H,37,38). The van der Waals surface area contributed by atoms with Crippen LogP contribution in [0.1, 0.15) is 48.3 Å². The molecule has 2 aliphatic heterocycles. The molecule has 41 heavy (non-hydrogen) atoms.